The number of methoxy groups -OCH3 is 2. The number of nitrogens with zero attached hydrogens (tertiary/aromatic N) is 4. The molecule has 2 aromatic heterocycles. The minimum absolute atomic E-state index is 0.402. The fraction of sp³-hybridized carbons (Fsp3) is 0.429. The Morgan fingerprint density at radius 3 is 2.35 bits per heavy atom. The fourth-order valence-electron chi connectivity index (χ4n) is 2.14. The molecule has 0 unspecified atom stereocenters. The van der Waals surface area contributed by atoms with Crippen LogP contribution in [0.2, 0.25) is 0 Å². The molecule has 0 saturated heterocycles. The first-order chi connectivity index (χ1) is 15.1. The third kappa shape index (κ3) is 9.22. The maximum Gasteiger partial charge on any atom is 0.293 e. The summed E-state index contributed by atoms with van der Waals surface area (Å²) >= 11 is 1.55. The van der Waals surface area contributed by atoms with Crippen molar-refractivity contribution in [2.24, 2.45) is 0 Å². The first-order valence-corrected chi connectivity index (χ1v) is 10.6. The first kappa shape index (κ1) is 28.1. The summed E-state index contributed by atoms with van der Waals surface area (Å²) in [5, 5.41) is 0.841. The van der Waals surface area contributed by atoms with E-state index in [1.165, 1.54) is 6.33 Å². The van der Waals surface area contributed by atoms with Gasteiger partial charge in [0.1, 0.15) is 12.1 Å². The summed E-state index contributed by atoms with van der Waals surface area (Å²) in [5.41, 5.74) is 7.28. The van der Waals surface area contributed by atoms with Gasteiger partial charge in [-0.15, -0.1) is 0 Å². The molecule has 3 aromatic rings. The minimum Gasteiger partial charge on any atom is -0.497 e. The van der Waals surface area contributed by atoms with E-state index in [2.05, 4.69) is 31.3 Å². The number of ether oxygens (including phenoxy) is 3. The molecule has 31 heavy (non-hydrogen) atoms. The molecule has 0 fully saturated rings. The lowest BCUT2D eigenvalue weighted by Crippen LogP contribution is -1.98. The lowest BCUT2D eigenvalue weighted by molar-refractivity contribution is -0.128. The monoisotopic (exact) mass is 451 g/mol. The molecule has 10 heteroatoms. The Balaban J connectivity index is 0.000000768. The standard InChI is InChI=1S/C14H15N5OS.C3H6O2.C2H6O.C2H6/c1-3-19-13-11(12(15)16-8-17-13)18-14(19)21-10-6-4-5-9(7-10)20-2;1-2-5-3-4;1-3-2;1-2/h4-8H,3H2,1-2H3,(H2,15,16,17);3H,2H2,1H3;1-2H3;1-2H3. The van der Waals surface area contributed by atoms with Crippen molar-refractivity contribution in [1.29, 1.82) is 0 Å². The lowest BCUT2D eigenvalue weighted by atomic mass is 10.3. The van der Waals surface area contributed by atoms with Gasteiger partial charge in [0.15, 0.2) is 22.1 Å². The summed E-state index contributed by atoms with van der Waals surface area (Å²) in [5.74, 6) is 1.22. The van der Waals surface area contributed by atoms with Gasteiger partial charge in [-0.05, 0) is 32.0 Å². The molecule has 2 N–H and O–H groups in total. The molecule has 0 aliphatic rings. The number of imidazole rings is 1. The van der Waals surface area contributed by atoms with Crippen LogP contribution < -0.4 is 10.5 Å². The maximum absolute atomic E-state index is 9.18. The smallest absolute Gasteiger partial charge is 0.293 e. The van der Waals surface area contributed by atoms with Gasteiger partial charge < -0.3 is 24.5 Å². The van der Waals surface area contributed by atoms with Crippen LogP contribution in [0.5, 0.6) is 5.75 Å². The van der Waals surface area contributed by atoms with E-state index in [1.807, 2.05) is 42.7 Å². The summed E-state index contributed by atoms with van der Waals surface area (Å²) < 4.78 is 15.7. The van der Waals surface area contributed by atoms with Crippen molar-refractivity contribution in [3.8, 4) is 5.75 Å². The van der Waals surface area contributed by atoms with Gasteiger partial charge in [0.05, 0.1) is 13.7 Å². The number of fused-ring (bicyclic) bond motifs is 1. The zero-order chi connectivity index (χ0) is 23.6. The van der Waals surface area contributed by atoms with E-state index >= 15 is 0 Å². The van der Waals surface area contributed by atoms with Crippen molar-refractivity contribution in [3.05, 3.63) is 30.6 Å². The summed E-state index contributed by atoms with van der Waals surface area (Å²) in [6.45, 7) is 9.48. The van der Waals surface area contributed by atoms with Gasteiger partial charge in [0, 0.05) is 25.7 Å². The first-order valence-electron chi connectivity index (χ1n) is 9.80. The van der Waals surface area contributed by atoms with E-state index in [1.54, 1.807) is 40.0 Å². The molecular weight excluding hydrogens is 418 g/mol. The predicted molar refractivity (Wildman–Crippen MR) is 124 cm³/mol. The third-order valence-electron chi connectivity index (χ3n) is 3.33. The van der Waals surface area contributed by atoms with Gasteiger partial charge in [-0.2, -0.15) is 0 Å². The van der Waals surface area contributed by atoms with Gasteiger partial charge in [-0.3, -0.25) is 4.79 Å². The van der Waals surface area contributed by atoms with Crippen LogP contribution >= 0.6 is 11.8 Å². The zero-order valence-electron chi connectivity index (χ0n) is 19.3. The second-order valence-corrected chi connectivity index (χ2v) is 6.35. The Bertz CT molecular complexity index is 889. The normalized spacial score (nSPS) is 9.26. The number of nitrogen functional groups attached to an aromatic ring is 1. The van der Waals surface area contributed by atoms with Crippen LogP contribution in [0.15, 0.2) is 40.6 Å². The summed E-state index contributed by atoms with van der Waals surface area (Å²) in [6.07, 6.45) is 1.46. The molecule has 0 saturated carbocycles. The molecular formula is C21H33N5O4S. The number of aryl methyl sites for hydroxylation is 1. The Kier molecular flexibility index (Phi) is 15.3. The molecule has 1 aromatic carbocycles. The van der Waals surface area contributed by atoms with Crippen LogP contribution in [0, 0.1) is 0 Å². The minimum atomic E-state index is 0.402. The lowest BCUT2D eigenvalue weighted by Gasteiger charge is -2.06. The van der Waals surface area contributed by atoms with E-state index in [9.17, 15) is 4.79 Å². The van der Waals surface area contributed by atoms with Crippen molar-refractivity contribution >= 4 is 35.2 Å². The quantitative estimate of drug-likeness (QED) is 0.554. The van der Waals surface area contributed by atoms with Gasteiger partial charge in [-0.1, -0.05) is 31.7 Å². The van der Waals surface area contributed by atoms with Gasteiger partial charge in [0.2, 0.25) is 0 Å². The number of benzene rings is 1. The number of carbonyl (C=O) groups is 1. The summed E-state index contributed by atoms with van der Waals surface area (Å²) in [4.78, 5) is 23.1. The highest BCUT2D eigenvalue weighted by Gasteiger charge is 2.14. The molecule has 0 spiro atoms. The van der Waals surface area contributed by atoms with E-state index in [0.717, 1.165) is 28.0 Å². The maximum atomic E-state index is 9.18. The highest BCUT2D eigenvalue weighted by molar-refractivity contribution is 7.99. The Morgan fingerprint density at radius 1 is 1.16 bits per heavy atom. The highest BCUT2D eigenvalue weighted by atomic mass is 32.2. The number of aromatic nitrogens is 4. The van der Waals surface area contributed by atoms with Crippen molar-refractivity contribution in [2.45, 2.75) is 44.3 Å². The number of carbonyl (C=O) groups excluding carboxylic acids is 1. The number of rotatable bonds is 6. The van der Waals surface area contributed by atoms with Crippen LogP contribution in [-0.4, -0.2) is 53.9 Å². The van der Waals surface area contributed by atoms with Crippen LogP contribution in [-0.2, 0) is 20.8 Å². The molecule has 9 nitrogen and oxygen atoms in total. The third-order valence-corrected chi connectivity index (χ3v) is 4.31. The molecule has 0 atom stereocenters. The molecule has 0 radical (unpaired) electrons. The van der Waals surface area contributed by atoms with Crippen LogP contribution in [0.3, 0.4) is 0 Å². The molecule has 3 rings (SSSR count). The molecule has 0 bridgehead atoms. The molecule has 172 valence electrons. The summed E-state index contributed by atoms with van der Waals surface area (Å²) in [6, 6.07) is 7.85. The molecule has 0 aliphatic heterocycles. The number of anilines is 1. The Hall–Kier alpha value is -2.85. The average Bonchev–Trinajstić information content (AvgIpc) is 3.15. The van der Waals surface area contributed by atoms with Crippen LogP contribution in [0.1, 0.15) is 27.7 Å². The number of nitrogens with two attached hydrogens (primary N) is 1. The second-order valence-electron chi connectivity index (χ2n) is 5.31. The van der Waals surface area contributed by atoms with Crippen molar-refractivity contribution < 1.29 is 19.0 Å². The SMILES string of the molecule is CC.CCOC=O.CCn1c(Sc2cccc(OC)c2)nc2c(N)ncnc21.COC. The van der Waals surface area contributed by atoms with Crippen LogP contribution in [0.25, 0.3) is 11.2 Å². The molecule has 2 heterocycles. The van der Waals surface area contributed by atoms with E-state index in [4.69, 9.17) is 10.5 Å². The number of hydrogen-bond acceptors (Lipinski definition) is 9. The van der Waals surface area contributed by atoms with Crippen molar-refractivity contribution in [1.82, 2.24) is 19.5 Å². The fourth-order valence-corrected chi connectivity index (χ4v) is 3.13. The van der Waals surface area contributed by atoms with Crippen molar-refractivity contribution in [2.75, 3.05) is 33.7 Å². The number of hydrogen-bond donors (Lipinski definition) is 1. The zero-order valence-corrected chi connectivity index (χ0v) is 20.1. The van der Waals surface area contributed by atoms with E-state index in [-0.39, 0.29) is 0 Å². The second kappa shape index (κ2) is 16.9. The van der Waals surface area contributed by atoms with Crippen molar-refractivity contribution in [3.63, 3.8) is 0 Å². The Labute approximate surface area is 188 Å². The average molecular weight is 452 g/mol. The topological polar surface area (TPSA) is 114 Å². The molecule has 0 amide bonds. The van der Waals surface area contributed by atoms with E-state index < -0.39 is 0 Å². The van der Waals surface area contributed by atoms with Gasteiger partial charge in [0.25, 0.3) is 6.47 Å². The van der Waals surface area contributed by atoms with Crippen LogP contribution in [0.4, 0.5) is 5.82 Å². The van der Waals surface area contributed by atoms with Gasteiger partial charge >= 0.3 is 0 Å². The largest absolute Gasteiger partial charge is 0.497 e. The summed E-state index contributed by atoms with van der Waals surface area (Å²) in [7, 11) is 4.90. The highest BCUT2D eigenvalue weighted by Crippen LogP contribution is 2.32. The van der Waals surface area contributed by atoms with E-state index in [0.29, 0.717) is 24.4 Å². The molecule has 0 aliphatic carbocycles. The Morgan fingerprint density at radius 2 is 1.84 bits per heavy atom. The predicted octanol–water partition coefficient (Wildman–Crippen LogP) is 4.06. The van der Waals surface area contributed by atoms with Gasteiger partial charge in [-0.25, -0.2) is 15.0 Å².